The van der Waals surface area contributed by atoms with E-state index in [2.05, 4.69) is 18.8 Å². The number of ether oxygens (including phenoxy) is 1. The Hall–Kier alpha value is -1.21. The molecule has 0 aliphatic heterocycles. The normalized spacial score (nSPS) is 10.8. The van der Waals surface area contributed by atoms with E-state index >= 15 is 0 Å². The van der Waals surface area contributed by atoms with Crippen LogP contribution in [0.1, 0.15) is 47.5 Å². The maximum Gasteiger partial charge on any atom is 0.424 e. The minimum atomic E-state index is -0.474. The van der Waals surface area contributed by atoms with Crippen molar-refractivity contribution in [3.8, 4) is 11.8 Å². The van der Waals surface area contributed by atoms with Crippen molar-refractivity contribution in [3.63, 3.8) is 0 Å². The molecule has 0 heterocycles. The fourth-order valence-corrected chi connectivity index (χ4v) is 1.29. The van der Waals surface area contributed by atoms with Gasteiger partial charge < -0.3 is 4.74 Å². The fraction of sp³-hybridized carbons (Fsp3) is 0.786. The van der Waals surface area contributed by atoms with Crippen LogP contribution in [0.15, 0.2) is 0 Å². The molecular weight excluding hydrogens is 228 g/mol. The second-order valence-corrected chi connectivity index (χ2v) is 5.17. The van der Waals surface area contributed by atoms with E-state index in [1.807, 2.05) is 25.8 Å². The molecule has 0 N–H and O–H groups in total. The lowest BCUT2D eigenvalue weighted by molar-refractivity contribution is -0.0322. The van der Waals surface area contributed by atoms with Gasteiger partial charge in [-0.15, -0.1) is 5.92 Å². The molecule has 104 valence electrons. The summed E-state index contributed by atoms with van der Waals surface area (Å²) in [5.41, 5.74) is -0.474. The summed E-state index contributed by atoms with van der Waals surface area (Å²) >= 11 is 0. The Morgan fingerprint density at radius 1 is 1.33 bits per heavy atom. The topological polar surface area (TPSA) is 32.8 Å². The van der Waals surface area contributed by atoms with Crippen LogP contribution in [0.4, 0.5) is 4.79 Å². The zero-order chi connectivity index (χ0) is 14.2. The Morgan fingerprint density at radius 3 is 2.39 bits per heavy atom. The smallest absolute Gasteiger partial charge is 0.424 e. The molecule has 1 amide bonds. The minimum absolute atomic E-state index is 0.337. The van der Waals surface area contributed by atoms with Crippen molar-refractivity contribution in [3.05, 3.63) is 0 Å². The summed E-state index contributed by atoms with van der Waals surface area (Å²) in [6.07, 6.45) is 1.77. The van der Waals surface area contributed by atoms with Gasteiger partial charge in [0.15, 0.2) is 0 Å². The number of nitrogens with zero attached hydrogens (tertiary/aromatic N) is 2. The van der Waals surface area contributed by atoms with E-state index in [1.54, 1.807) is 14.0 Å². The molecule has 0 fully saturated rings. The summed E-state index contributed by atoms with van der Waals surface area (Å²) in [5.74, 6) is 5.83. The predicted molar refractivity (Wildman–Crippen MR) is 73.9 cm³/mol. The van der Waals surface area contributed by atoms with E-state index in [0.29, 0.717) is 6.54 Å². The molecule has 0 aliphatic rings. The average molecular weight is 254 g/mol. The molecular formula is C14H26N2O2. The summed E-state index contributed by atoms with van der Waals surface area (Å²) in [4.78, 5) is 11.9. The van der Waals surface area contributed by atoms with Crippen LogP contribution in [0.5, 0.6) is 0 Å². The highest BCUT2D eigenvalue weighted by atomic mass is 16.6. The van der Waals surface area contributed by atoms with Crippen molar-refractivity contribution >= 4 is 6.09 Å². The van der Waals surface area contributed by atoms with Crippen LogP contribution in [0.2, 0.25) is 0 Å². The molecule has 0 aromatic rings. The third-order valence-corrected chi connectivity index (χ3v) is 2.29. The van der Waals surface area contributed by atoms with Gasteiger partial charge >= 0.3 is 6.09 Å². The second-order valence-electron chi connectivity index (χ2n) is 5.17. The Bertz CT molecular complexity index is 310. The van der Waals surface area contributed by atoms with E-state index in [9.17, 15) is 4.79 Å². The second kappa shape index (κ2) is 7.99. The SMILES string of the molecule is CC#CCN(CCCC)N(C)C(=O)OC(C)(C)C. The van der Waals surface area contributed by atoms with Crippen molar-refractivity contribution < 1.29 is 9.53 Å². The van der Waals surface area contributed by atoms with Crippen LogP contribution in [0.3, 0.4) is 0 Å². The lowest BCUT2D eigenvalue weighted by Crippen LogP contribution is -2.46. The first-order valence-corrected chi connectivity index (χ1v) is 6.43. The Kier molecular flexibility index (Phi) is 7.45. The molecule has 0 radical (unpaired) electrons. The van der Waals surface area contributed by atoms with E-state index in [0.717, 1.165) is 19.4 Å². The number of carbonyl (C=O) groups excluding carboxylic acids is 1. The van der Waals surface area contributed by atoms with Crippen molar-refractivity contribution in [1.29, 1.82) is 0 Å². The molecule has 0 saturated carbocycles. The van der Waals surface area contributed by atoms with Crippen molar-refractivity contribution in [2.24, 2.45) is 0 Å². The number of unbranched alkanes of at least 4 members (excludes halogenated alkanes) is 1. The first-order chi connectivity index (χ1) is 8.31. The molecule has 0 atom stereocenters. The van der Waals surface area contributed by atoms with Gasteiger partial charge in [-0.05, 0) is 34.1 Å². The summed E-state index contributed by atoms with van der Waals surface area (Å²) in [6.45, 7) is 10.9. The highest BCUT2D eigenvalue weighted by Gasteiger charge is 2.23. The summed E-state index contributed by atoms with van der Waals surface area (Å²) in [7, 11) is 1.72. The zero-order valence-corrected chi connectivity index (χ0v) is 12.5. The maximum absolute atomic E-state index is 11.9. The van der Waals surface area contributed by atoms with Gasteiger partial charge in [-0.3, -0.25) is 0 Å². The number of hydrogen-bond donors (Lipinski definition) is 0. The molecule has 0 bridgehead atoms. The number of amides is 1. The van der Waals surface area contributed by atoms with Gasteiger partial charge in [-0.25, -0.2) is 14.8 Å². The molecule has 0 saturated heterocycles. The van der Waals surface area contributed by atoms with Gasteiger partial charge in [0.2, 0.25) is 0 Å². The minimum Gasteiger partial charge on any atom is -0.443 e. The van der Waals surface area contributed by atoms with Crippen molar-refractivity contribution in [2.45, 2.75) is 53.1 Å². The van der Waals surface area contributed by atoms with Gasteiger partial charge in [-0.1, -0.05) is 19.3 Å². The van der Waals surface area contributed by atoms with Gasteiger partial charge in [0.25, 0.3) is 0 Å². The van der Waals surface area contributed by atoms with Crippen molar-refractivity contribution in [2.75, 3.05) is 20.1 Å². The standard InChI is InChI=1S/C14H26N2O2/c1-7-9-11-16(12-10-8-2)15(6)13(17)18-14(3,4)5/h7,9,11-12H2,1-6H3. The first-order valence-electron chi connectivity index (χ1n) is 6.43. The fourth-order valence-electron chi connectivity index (χ4n) is 1.29. The van der Waals surface area contributed by atoms with Gasteiger partial charge in [0.05, 0.1) is 6.54 Å². The summed E-state index contributed by atoms with van der Waals surface area (Å²) in [6, 6.07) is 0. The Balaban J connectivity index is 4.54. The van der Waals surface area contributed by atoms with E-state index in [-0.39, 0.29) is 6.09 Å². The Morgan fingerprint density at radius 2 is 1.94 bits per heavy atom. The molecule has 4 heteroatoms. The molecule has 0 unspecified atom stereocenters. The molecule has 0 aliphatic carbocycles. The maximum atomic E-state index is 11.9. The summed E-state index contributed by atoms with van der Waals surface area (Å²) in [5, 5.41) is 3.43. The van der Waals surface area contributed by atoms with Crippen LogP contribution >= 0.6 is 0 Å². The predicted octanol–water partition coefficient (Wildman–Crippen LogP) is 2.89. The highest BCUT2D eigenvalue weighted by Crippen LogP contribution is 2.10. The molecule has 0 rings (SSSR count). The average Bonchev–Trinajstić information content (AvgIpc) is 2.26. The lowest BCUT2D eigenvalue weighted by atomic mass is 10.2. The van der Waals surface area contributed by atoms with E-state index < -0.39 is 5.60 Å². The quantitative estimate of drug-likeness (QED) is 0.558. The number of carbonyl (C=O) groups is 1. The zero-order valence-electron chi connectivity index (χ0n) is 12.5. The third-order valence-electron chi connectivity index (χ3n) is 2.29. The molecule has 18 heavy (non-hydrogen) atoms. The number of hydrogen-bond acceptors (Lipinski definition) is 3. The molecule has 4 nitrogen and oxygen atoms in total. The number of hydrazine groups is 1. The van der Waals surface area contributed by atoms with E-state index in [1.165, 1.54) is 5.01 Å². The van der Waals surface area contributed by atoms with Crippen LogP contribution in [0.25, 0.3) is 0 Å². The molecule has 0 aromatic heterocycles. The third kappa shape index (κ3) is 7.18. The van der Waals surface area contributed by atoms with Gasteiger partial charge in [0, 0.05) is 13.6 Å². The van der Waals surface area contributed by atoms with Gasteiger partial charge in [-0.2, -0.15) is 0 Å². The van der Waals surface area contributed by atoms with Crippen molar-refractivity contribution in [1.82, 2.24) is 10.0 Å². The van der Waals surface area contributed by atoms with Gasteiger partial charge in [0.1, 0.15) is 5.60 Å². The lowest BCUT2D eigenvalue weighted by Gasteiger charge is -2.32. The first kappa shape index (κ1) is 16.8. The monoisotopic (exact) mass is 254 g/mol. The van der Waals surface area contributed by atoms with Crippen LogP contribution in [0, 0.1) is 11.8 Å². The highest BCUT2D eigenvalue weighted by molar-refractivity contribution is 5.67. The van der Waals surface area contributed by atoms with Crippen LogP contribution in [-0.4, -0.2) is 41.8 Å². The van der Waals surface area contributed by atoms with Crippen LogP contribution < -0.4 is 0 Å². The number of rotatable bonds is 5. The molecule has 0 aromatic carbocycles. The van der Waals surface area contributed by atoms with Crippen LogP contribution in [-0.2, 0) is 4.74 Å². The summed E-state index contributed by atoms with van der Waals surface area (Å²) < 4.78 is 5.34. The Labute approximate surface area is 111 Å². The largest absolute Gasteiger partial charge is 0.443 e. The van der Waals surface area contributed by atoms with E-state index in [4.69, 9.17) is 4.74 Å². The molecule has 0 spiro atoms.